The summed E-state index contributed by atoms with van der Waals surface area (Å²) < 4.78 is 21.6. The van der Waals surface area contributed by atoms with Crippen LogP contribution in [0.4, 0.5) is 4.79 Å². The third kappa shape index (κ3) is 6.16. The Balaban J connectivity index is 1.31. The maximum absolute atomic E-state index is 12.2. The highest BCUT2D eigenvalue weighted by Gasteiger charge is 2.13. The molecule has 0 amide bonds. The molecule has 174 valence electrons. The van der Waals surface area contributed by atoms with E-state index in [1.165, 1.54) is 5.56 Å². The molecule has 0 atom stereocenters. The van der Waals surface area contributed by atoms with Crippen LogP contribution in [0.5, 0.6) is 17.4 Å². The number of unbranched alkanes of at least 4 members (excludes halogenated alkanes) is 1. The van der Waals surface area contributed by atoms with Gasteiger partial charge in [0.2, 0.25) is 0 Å². The zero-order chi connectivity index (χ0) is 23.8. The second kappa shape index (κ2) is 11.0. The Kier molecular flexibility index (Phi) is 7.45. The SMILES string of the molecule is O=C(O)Oc1cc(=O)c2cccc(OCc3ccc(OCCCCc4ccccc4)cc3)c2o1. The molecule has 0 saturated carbocycles. The second-order valence-corrected chi connectivity index (χ2v) is 7.65. The van der Waals surface area contributed by atoms with Gasteiger partial charge in [-0.2, -0.15) is 0 Å². The Morgan fingerprint density at radius 3 is 2.41 bits per heavy atom. The van der Waals surface area contributed by atoms with Crippen LogP contribution in [0.25, 0.3) is 11.0 Å². The average molecular weight is 460 g/mol. The van der Waals surface area contributed by atoms with Crippen molar-refractivity contribution in [1.82, 2.24) is 0 Å². The molecule has 0 bridgehead atoms. The molecule has 1 N–H and O–H groups in total. The number of fused-ring (bicyclic) bond motifs is 1. The first-order chi connectivity index (χ1) is 16.6. The van der Waals surface area contributed by atoms with E-state index in [1.807, 2.05) is 30.3 Å². The number of benzene rings is 3. The molecule has 0 saturated heterocycles. The Morgan fingerprint density at radius 2 is 1.65 bits per heavy atom. The third-order valence-corrected chi connectivity index (χ3v) is 5.17. The van der Waals surface area contributed by atoms with Gasteiger partial charge in [-0.25, -0.2) is 4.79 Å². The summed E-state index contributed by atoms with van der Waals surface area (Å²) in [5.41, 5.74) is 1.94. The summed E-state index contributed by atoms with van der Waals surface area (Å²) in [5, 5.41) is 9.05. The number of ether oxygens (including phenoxy) is 3. The van der Waals surface area contributed by atoms with E-state index < -0.39 is 17.5 Å². The molecule has 4 aromatic rings. The van der Waals surface area contributed by atoms with Crippen LogP contribution in [0, 0.1) is 0 Å². The molecule has 34 heavy (non-hydrogen) atoms. The molecule has 7 nitrogen and oxygen atoms in total. The molecule has 1 heterocycles. The van der Waals surface area contributed by atoms with Gasteiger partial charge in [0, 0.05) is 0 Å². The molecule has 0 aliphatic rings. The monoisotopic (exact) mass is 460 g/mol. The van der Waals surface area contributed by atoms with Gasteiger partial charge < -0.3 is 23.7 Å². The molecule has 0 unspecified atom stereocenters. The zero-order valence-corrected chi connectivity index (χ0v) is 18.4. The summed E-state index contributed by atoms with van der Waals surface area (Å²) in [6, 6.07) is 23.8. The number of rotatable bonds is 10. The molecular formula is C27H24O7. The Morgan fingerprint density at radius 1 is 0.853 bits per heavy atom. The van der Waals surface area contributed by atoms with Crippen LogP contribution in [-0.4, -0.2) is 17.9 Å². The molecule has 3 aromatic carbocycles. The minimum atomic E-state index is -1.57. The fourth-order valence-electron chi connectivity index (χ4n) is 3.49. The van der Waals surface area contributed by atoms with Gasteiger partial charge in [0.05, 0.1) is 18.1 Å². The topological polar surface area (TPSA) is 95.2 Å². The van der Waals surface area contributed by atoms with Gasteiger partial charge in [-0.3, -0.25) is 4.79 Å². The minimum Gasteiger partial charge on any atom is -0.494 e. The summed E-state index contributed by atoms with van der Waals surface area (Å²) in [6.45, 7) is 0.878. The van der Waals surface area contributed by atoms with Crippen molar-refractivity contribution in [3.05, 3.63) is 100 Å². The molecular weight excluding hydrogens is 436 g/mol. The molecule has 0 aliphatic carbocycles. The Labute approximate surface area is 196 Å². The first-order valence-electron chi connectivity index (χ1n) is 10.9. The molecule has 7 heteroatoms. The van der Waals surface area contributed by atoms with E-state index in [0.717, 1.165) is 36.6 Å². The first-order valence-corrected chi connectivity index (χ1v) is 10.9. The Bertz CT molecular complexity index is 1290. The predicted octanol–water partition coefficient (Wildman–Crippen LogP) is 5.83. The second-order valence-electron chi connectivity index (χ2n) is 7.65. The van der Waals surface area contributed by atoms with Gasteiger partial charge in [0.15, 0.2) is 16.8 Å². The van der Waals surface area contributed by atoms with Gasteiger partial charge in [-0.15, -0.1) is 0 Å². The lowest BCUT2D eigenvalue weighted by Gasteiger charge is -2.10. The third-order valence-electron chi connectivity index (χ3n) is 5.17. The lowest BCUT2D eigenvalue weighted by atomic mass is 10.1. The lowest BCUT2D eigenvalue weighted by molar-refractivity contribution is 0.133. The maximum atomic E-state index is 12.2. The summed E-state index contributed by atoms with van der Waals surface area (Å²) in [6.07, 6.45) is 1.51. The molecule has 0 radical (unpaired) electrons. The van der Waals surface area contributed by atoms with Crippen LogP contribution in [0.15, 0.2) is 88.1 Å². The highest BCUT2D eigenvalue weighted by molar-refractivity contribution is 5.82. The summed E-state index contributed by atoms with van der Waals surface area (Å²) in [5.74, 6) is 0.686. The van der Waals surface area contributed by atoms with E-state index in [0.29, 0.717) is 12.4 Å². The van der Waals surface area contributed by atoms with Gasteiger partial charge in [-0.1, -0.05) is 48.5 Å². The fraction of sp³-hybridized carbons (Fsp3) is 0.185. The zero-order valence-electron chi connectivity index (χ0n) is 18.4. The van der Waals surface area contributed by atoms with Gasteiger partial charge in [0.25, 0.3) is 5.95 Å². The first kappa shape index (κ1) is 22.9. The number of aryl methyl sites for hydroxylation is 1. The van der Waals surface area contributed by atoms with Crippen molar-refractivity contribution in [2.24, 2.45) is 0 Å². The number of carbonyl (C=O) groups is 1. The van der Waals surface area contributed by atoms with E-state index in [1.54, 1.807) is 18.2 Å². The minimum absolute atomic E-state index is 0.127. The molecule has 0 aliphatic heterocycles. The quantitative estimate of drug-likeness (QED) is 0.235. The lowest BCUT2D eigenvalue weighted by Crippen LogP contribution is -2.07. The van der Waals surface area contributed by atoms with E-state index in [9.17, 15) is 9.59 Å². The van der Waals surface area contributed by atoms with Crippen LogP contribution in [-0.2, 0) is 13.0 Å². The van der Waals surface area contributed by atoms with Crippen molar-refractivity contribution >= 4 is 17.1 Å². The smallest absolute Gasteiger partial charge is 0.494 e. The van der Waals surface area contributed by atoms with E-state index in [-0.39, 0.29) is 17.6 Å². The molecule has 4 rings (SSSR count). The van der Waals surface area contributed by atoms with Crippen LogP contribution in [0.2, 0.25) is 0 Å². The van der Waals surface area contributed by atoms with Crippen molar-refractivity contribution in [3.8, 4) is 17.4 Å². The summed E-state index contributed by atoms with van der Waals surface area (Å²) in [4.78, 5) is 23.0. The van der Waals surface area contributed by atoms with E-state index in [4.69, 9.17) is 19.0 Å². The van der Waals surface area contributed by atoms with Gasteiger partial charge >= 0.3 is 6.16 Å². The highest BCUT2D eigenvalue weighted by Crippen LogP contribution is 2.28. The molecule has 0 fully saturated rings. The predicted molar refractivity (Wildman–Crippen MR) is 127 cm³/mol. The van der Waals surface area contributed by atoms with E-state index >= 15 is 0 Å². The van der Waals surface area contributed by atoms with Gasteiger partial charge in [-0.05, 0) is 54.7 Å². The summed E-state index contributed by atoms with van der Waals surface area (Å²) in [7, 11) is 0. The van der Waals surface area contributed by atoms with Crippen LogP contribution in [0.1, 0.15) is 24.0 Å². The molecule has 0 spiro atoms. The average Bonchev–Trinajstić information content (AvgIpc) is 2.84. The van der Waals surface area contributed by atoms with Crippen molar-refractivity contribution < 1.29 is 28.5 Å². The highest BCUT2D eigenvalue weighted by atomic mass is 16.7. The van der Waals surface area contributed by atoms with Crippen molar-refractivity contribution in [2.45, 2.75) is 25.9 Å². The van der Waals surface area contributed by atoms with Crippen LogP contribution in [0.3, 0.4) is 0 Å². The fourth-order valence-corrected chi connectivity index (χ4v) is 3.49. The number of carboxylic acid groups (broad SMARTS) is 1. The largest absolute Gasteiger partial charge is 0.513 e. The van der Waals surface area contributed by atoms with Crippen molar-refractivity contribution in [1.29, 1.82) is 0 Å². The number of para-hydroxylation sites is 1. The van der Waals surface area contributed by atoms with Crippen molar-refractivity contribution in [2.75, 3.05) is 6.61 Å². The summed E-state index contributed by atoms with van der Waals surface area (Å²) >= 11 is 0. The maximum Gasteiger partial charge on any atom is 0.513 e. The normalized spacial score (nSPS) is 10.7. The van der Waals surface area contributed by atoms with Crippen molar-refractivity contribution in [3.63, 3.8) is 0 Å². The standard InChI is InChI=1S/C27H24O7/c28-23-17-25(34-27(29)30)33-26-22(23)10-6-11-24(26)32-18-20-12-14-21(15-13-20)31-16-5-4-9-19-7-2-1-3-8-19/h1-3,6-8,10-15,17H,4-5,9,16,18H2,(H,29,30). The van der Waals surface area contributed by atoms with E-state index in [2.05, 4.69) is 29.0 Å². The molecule has 1 aromatic heterocycles. The number of hydrogen-bond acceptors (Lipinski definition) is 6. The Hall–Kier alpha value is -4.26. The van der Waals surface area contributed by atoms with Crippen LogP contribution >= 0.6 is 0 Å². The van der Waals surface area contributed by atoms with Gasteiger partial charge in [0.1, 0.15) is 12.4 Å². The van der Waals surface area contributed by atoms with Crippen LogP contribution < -0.4 is 19.6 Å². The number of hydrogen-bond donors (Lipinski definition) is 1.